The van der Waals surface area contributed by atoms with Crippen LogP contribution in [0.2, 0.25) is 0 Å². The maximum absolute atomic E-state index is 5.60. The molecule has 0 radical (unpaired) electrons. The van der Waals surface area contributed by atoms with Crippen molar-refractivity contribution in [2.75, 3.05) is 11.1 Å². The molecule has 0 fully saturated rings. The Labute approximate surface area is 95.3 Å². The van der Waals surface area contributed by atoms with E-state index in [1.807, 2.05) is 12.1 Å². The first-order valence-electron chi connectivity index (χ1n) is 5.26. The minimum atomic E-state index is 0.536. The Balaban J connectivity index is 2.02. The lowest BCUT2D eigenvalue weighted by Gasteiger charge is -2.06. The van der Waals surface area contributed by atoms with Crippen LogP contribution in [0, 0.1) is 6.92 Å². The molecule has 2 rings (SSSR count). The number of aromatic nitrogens is 1. The van der Waals surface area contributed by atoms with Crippen molar-refractivity contribution in [1.29, 1.82) is 0 Å². The first-order chi connectivity index (χ1) is 7.74. The third-order valence-corrected chi connectivity index (χ3v) is 2.33. The average Bonchev–Trinajstić information content (AvgIpc) is 2.27. The molecule has 0 aliphatic carbocycles. The zero-order valence-electron chi connectivity index (χ0n) is 9.27. The summed E-state index contributed by atoms with van der Waals surface area (Å²) in [4.78, 5) is 4.18. The number of nitrogens with two attached hydrogens (primary N) is 1. The molecule has 1 heterocycles. The van der Waals surface area contributed by atoms with E-state index in [1.165, 1.54) is 11.1 Å². The Morgan fingerprint density at radius 2 is 2.00 bits per heavy atom. The van der Waals surface area contributed by atoms with E-state index in [2.05, 4.69) is 41.5 Å². The number of nitrogens with one attached hydrogen (secondary N) is 1. The smallest absolute Gasteiger partial charge is 0.128 e. The van der Waals surface area contributed by atoms with Gasteiger partial charge < -0.3 is 11.1 Å². The molecule has 16 heavy (non-hydrogen) atoms. The monoisotopic (exact) mass is 213 g/mol. The second-order valence-electron chi connectivity index (χ2n) is 3.79. The van der Waals surface area contributed by atoms with Crippen LogP contribution in [0.5, 0.6) is 0 Å². The summed E-state index contributed by atoms with van der Waals surface area (Å²) >= 11 is 0. The van der Waals surface area contributed by atoms with Gasteiger partial charge in [0.1, 0.15) is 11.6 Å². The molecule has 0 bridgehead atoms. The van der Waals surface area contributed by atoms with E-state index in [1.54, 1.807) is 6.07 Å². The van der Waals surface area contributed by atoms with Crippen molar-refractivity contribution < 1.29 is 0 Å². The van der Waals surface area contributed by atoms with E-state index >= 15 is 0 Å². The molecule has 0 saturated carbocycles. The maximum atomic E-state index is 5.60. The van der Waals surface area contributed by atoms with Crippen LogP contribution in [0.15, 0.2) is 42.5 Å². The largest absolute Gasteiger partial charge is 0.384 e. The number of aryl methyl sites for hydroxylation is 1. The first kappa shape index (κ1) is 10.5. The zero-order chi connectivity index (χ0) is 11.4. The molecular weight excluding hydrogens is 198 g/mol. The molecular formula is C13H15N3. The van der Waals surface area contributed by atoms with Crippen LogP contribution in [0.1, 0.15) is 11.1 Å². The molecule has 0 unspecified atom stereocenters. The predicted octanol–water partition coefficient (Wildman–Crippen LogP) is 2.58. The van der Waals surface area contributed by atoms with Gasteiger partial charge in [-0.05, 0) is 24.6 Å². The molecule has 3 N–H and O–H groups in total. The Hall–Kier alpha value is -2.03. The number of benzene rings is 1. The van der Waals surface area contributed by atoms with Crippen molar-refractivity contribution in [3.63, 3.8) is 0 Å². The van der Waals surface area contributed by atoms with Crippen LogP contribution < -0.4 is 11.1 Å². The summed E-state index contributed by atoms with van der Waals surface area (Å²) in [6, 6.07) is 14.0. The van der Waals surface area contributed by atoms with Crippen LogP contribution in [0.25, 0.3) is 0 Å². The van der Waals surface area contributed by atoms with Crippen LogP contribution in [-0.4, -0.2) is 4.98 Å². The van der Waals surface area contributed by atoms with E-state index in [0.717, 1.165) is 12.4 Å². The van der Waals surface area contributed by atoms with Gasteiger partial charge in [0.25, 0.3) is 0 Å². The standard InChI is InChI=1S/C13H15N3/c1-10-4-2-5-11(8-10)9-15-13-7-3-6-12(14)16-13/h2-8H,9H2,1H3,(H3,14,15,16). The van der Waals surface area contributed by atoms with Gasteiger partial charge in [0.15, 0.2) is 0 Å². The molecule has 0 spiro atoms. The second kappa shape index (κ2) is 4.66. The fraction of sp³-hybridized carbons (Fsp3) is 0.154. The Kier molecular flexibility index (Phi) is 3.05. The number of nitrogens with zero attached hydrogens (tertiary/aromatic N) is 1. The fourth-order valence-electron chi connectivity index (χ4n) is 1.56. The fourth-order valence-corrected chi connectivity index (χ4v) is 1.56. The van der Waals surface area contributed by atoms with Crippen LogP contribution in [-0.2, 0) is 6.54 Å². The van der Waals surface area contributed by atoms with Crippen molar-refractivity contribution in [2.24, 2.45) is 0 Å². The minimum Gasteiger partial charge on any atom is -0.384 e. The van der Waals surface area contributed by atoms with E-state index in [9.17, 15) is 0 Å². The van der Waals surface area contributed by atoms with Gasteiger partial charge in [-0.15, -0.1) is 0 Å². The topological polar surface area (TPSA) is 50.9 Å². The molecule has 0 atom stereocenters. The van der Waals surface area contributed by atoms with Crippen molar-refractivity contribution >= 4 is 11.6 Å². The zero-order valence-corrected chi connectivity index (χ0v) is 9.27. The van der Waals surface area contributed by atoms with Crippen molar-refractivity contribution in [3.8, 4) is 0 Å². The molecule has 0 amide bonds. The molecule has 1 aromatic carbocycles. The molecule has 0 aliphatic rings. The number of anilines is 2. The lowest BCUT2D eigenvalue weighted by Crippen LogP contribution is -2.02. The highest BCUT2D eigenvalue weighted by Crippen LogP contribution is 2.09. The molecule has 3 nitrogen and oxygen atoms in total. The first-order valence-corrected chi connectivity index (χ1v) is 5.26. The summed E-state index contributed by atoms with van der Waals surface area (Å²) in [5, 5.41) is 3.24. The lowest BCUT2D eigenvalue weighted by atomic mass is 10.1. The molecule has 3 heteroatoms. The minimum absolute atomic E-state index is 0.536. The van der Waals surface area contributed by atoms with Gasteiger partial charge in [0.2, 0.25) is 0 Å². The summed E-state index contributed by atoms with van der Waals surface area (Å²) < 4.78 is 0. The predicted molar refractivity (Wildman–Crippen MR) is 67.2 cm³/mol. The number of hydrogen-bond donors (Lipinski definition) is 2. The van der Waals surface area contributed by atoms with Crippen molar-refractivity contribution in [2.45, 2.75) is 13.5 Å². The highest BCUT2D eigenvalue weighted by atomic mass is 15.0. The van der Waals surface area contributed by atoms with Gasteiger partial charge in [-0.1, -0.05) is 35.9 Å². The van der Waals surface area contributed by atoms with Gasteiger partial charge in [-0.3, -0.25) is 0 Å². The second-order valence-corrected chi connectivity index (χ2v) is 3.79. The number of pyridine rings is 1. The Morgan fingerprint density at radius 3 is 2.75 bits per heavy atom. The summed E-state index contributed by atoms with van der Waals surface area (Å²) in [5.41, 5.74) is 8.10. The molecule has 0 aliphatic heterocycles. The van der Waals surface area contributed by atoms with Crippen molar-refractivity contribution in [1.82, 2.24) is 4.98 Å². The van der Waals surface area contributed by atoms with Gasteiger partial charge in [-0.2, -0.15) is 0 Å². The summed E-state index contributed by atoms with van der Waals surface area (Å²) in [5.74, 6) is 1.34. The van der Waals surface area contributed by atoms with E-state index in [4.69, 9.17) is 5.73 Å². The third kappa shape index (κ3) is 2.73. The van der Waals surface area contributed by atoms with Gasteiger partial charge >= 0.3 is 0 Å². The number of hydrogen-bond acceptors (Lipinski definition) is 3. The van der Waals surface area contributed by atoms with Gasteiger partial charge in [0.05, 0.1) is 0 Å². The molecule has 82 valence electrons. The SMILES string of the molecule is Cc1cccc(CNc2cccc(N)n2)c1. The lowest BCUT2D eigenvalue weighted by molar-refractivity contribution is 1.11. The van der Waals surface area contributed by atoms with Crippen LogP contribution in [0.3, 0.4) is 0 Å². The highest BCUT2D eigenvalue weighted by molar-refractivity contribution is 5.42. The third-order valence-electron chi connectivity index (χ3n) is 2.33. The summed E-state index contributed by atoms with van der Waals surface area (Å²) in [7, 11) is 0. The molecule has 0 saturated heterocycles. The molecule has 1 aromatic heterocycles. The number of nitrogen functional groups attached to an aromatic ring is 1. The van der Waals surface area contributed by atoms with E-state index in [0.29, 0.717) is 5.82 Å². The van der Waals surface area contributed by atoms with Crippen LogP contribution >= 0.6 is 0 Å². The highest BCUT2D eigenvalue weighted by Gasteiger charge is 1.95. The van der Waals surface area contributed by atoms with E-state index in [-0.39, 0.29) is 0 Å². The quantitative estimate of drug-likeness (QED) is 0.824. The molecule has 2 aromatic rings. The Morgan fingerprint density at radius 1 is 1.19 bits per heavy atom. The van der Waals surface area contributed by atoms with Gasteiger partial charge in [-0.25, -0.2) is 4.98 Å². The maximum Gasteiger partial charge on any atom is 0.128 e. The average molecular weight is 213 g/mol. The summed E-state index contributed by atoms with van der Waals surface area (Å²) in [6.45, 7) is 2.85. The normalized spacial score (nSPS) is 10.1. The van der Waals surface area contributed by atoms with Gasteiger partial charge in [0, 0.05) is 6.54 Å². The van der Waals surface area contributed by atoms with E-state index < -0.39 is 0 Å². The number of rotatable bonds is 3. The Bertz CT molecular complexity index is 435. The summed E-state index contributed by atoms with van der Waals surface area (Å²) in [6.07, 6.45) is 0. The van der Waals surface area contributed by atoms with Crippen molar-refractivity contribution in [3.05, 3.63) is 53.6 Å². The van der Waals surface area contributed by atoms with Crippen LogP contribution in [0.4, 0.5) is 11.6 Å².